The summed E-state index contributed by atoms with van der Waals surface area (Å²) >= 11 is 0. The van der Waals surface area contributed by atoms with Crippen molar-refractivity contribution in [2.75, 3.05) is 13.1 Å². The van der Waals surface area contributed by atoms with E-state index in [4.69, 9.17) is 10.2 Å². The van der Waals surface area contributed by atoms with Gasteiger partial charge >= 0.3 is 11.9 Å². The van der Waals surface area contributed by atoms with E-state index in [1.54, 1.807) is 12.1 Å². The third-order valence-corrected chi connectivity index (χ3v) is 4.93. The standard InChI is InChI=1S/C16H21N3O2.C4H4O4/c1-11(2)18-8-6-12(7-9-18)15-10-13-14(17-15)4-3-5-16(13)19(20)21;5-3(6)1-2-4(7)8/h3-5,10-12,17H,6-9H2,1-2H3;1-2H,(H,5,6)(H,7,8). The number of rotatable bonds is 5. The molecular weight excluding hydrogens is 378 g/mol. The number of benzene rings is 1. The van der Waals surface area contributed by atoms with Crippen LogP contribution in [-0.2, 0) is 9.59 Å². The van der Waals surface area contributed by atoms with Crippen molar-refractivity contribution in [3.63, 3.8) is 0 Å². The smallest absolute Gasteiger partial charge is 0.328 e. The minimum Gasteiger partial charge on any atom is -0.478 e. The number of aromatic nitrogens is 1. The van der Waals surface area contributed by atoms with Gasteiger partial charge in [-0.3, -0.25) is 10.1 Å². The zero-order valence-electron chi connectivity index (χ0n) is 16.4. The first kappa shape index (κ1) is 22.1. The van der Waals surface area contributed by atoms with E-state index in [9.17, 15) is 19.7 Å². The van der Waals surface area contributed by atoms with Gasteiger partial charge in [0.2, 0.25) is 0 Å². The van der Waals surface area contributed by atoms with Crippen LogP contribution < -0.4 is 0 Å². The Kier molecular flexibility index (Phi) is 7.49. The Bertz CT molecular complexity index is 894. The van der Waals surface area contributed by atoms with Crippen molar-refractivity contribution in [1.82, 2.24) is 9.88 Å². The van der Waals surface area contributed by atoms with Crippen molar-refractivity contribution < 1.29 is 24.7 Å². The van der Waals surface area contributed by atoms with E-state index in [0.29, 0.717) is 24.1 Å². The van der Waals surface area contributed by atoms with Crippen LogP contribution in [0.5, 0.6) is 0 Å². The summed E-state index contributed by atoms with van der Waals surface area (Å²) in [5.41, 5.74) is 2.20. The number of non-ortho nitro benzene ring substituents is 1. The molecule has 0 aliphatic carbocycles. The van der Waals surface area contributed by atoms with Crippen LogP contribution in [0.3, 0.4) is 0 Å². The van der Waals surface area contributed by atoms with Gasteiger partial charge in [-0.2, -0.15) is 0 Å². The number of nitro benzene ring substituents is 1. The molecule has 0 atom stereocenters. The molecule has 2 heterocycles. The zero-order chi connectivity index (χ0) is 21.6. The van der Waals surface area contributed by atoms with Crippen LogP contribution in [-0.4, -0.2) is 56.1 Å². The van der Waals surface area contributed by atoms with Crippen molar-refractivity contribution in [2.45, 2.75) is 38.6 Å². The fraction of sp³-hybridized carbons (Fsp3) is 0.400. The summed E-state index contributed by atoms with van der Waals surface area (Å²) in [6.07, 6.45) is 3.34. The summed E-state index contributed by atoms with van der Waals surface area (Å²) in [4.78, 5) is 35.8. The molecule has 9 nitrogen and oxygen atoms in total. The number of aliphatic carboxylic acids is 2. The van der Waals surface area contributed by atoms with Crippen LogP contribution in [0.1, 0.15) is 38.3 Å². The first-order chi connectivity index (χ1) is 13.7. The number of nitrogens with one attached hydrogen (secondary N) is 1. The van der Waals surface area contributed by atoms with Crippen LogP contribution in [0, 0.1) is 10.1 Å². The number of carboxylic acids is 2. The highest BCUT2D eigenvalue weighted by Crippen LogP contribution is 2.33. The Morgan fingerprint density at radius 3 is 2.28 bits per heavy atom. The van der Waals surface area contributed by atoms with Gasteiger partial charge < -0.3 is 20.1 Å². The van der Waals surface area contributed by atoms with E-state index < -0.39 is 11.9 Å². The molecule has 3 N–H and O–H groups in total. The van der Waals surface area contributed by atoms with E-state index in [2.05, 4.69) is 23.7 Å². The number of nitro groups is 1. The van der Waals surface area contributed by atoms with Gasteiger partial charge in [-0.1, -0.05) is 6.07 Å². The number of hydrogen-bond acceptors (Lipinski definition) is 5. The van der Waals surface area contributed by atoms with Crippen molar-refractivity contribution in [3.8, 4) is 0 Å². The molecule has 3 rings (SSSR count). The third-order valence-electron chi connectivity index (χ3n) is 4.93. The van der Waals surface area contributed by atoms with Crippen LogP contribution in [0.2, 0.25) is 0 Å². The molecule has 2 aromatic rings. The van der Waals surface area contributed by atoms with Crippen molar-refractivity contribution in [3.05, 3.63) is 52.2 Å². The minimum absolute atomic E-state index is 0.189. The molecule has 0 bridgehead atoms. The zero-order valence-corrected chi connectivity index (χ0v) is 16.4. The fourth-order valence-electron chi connectivity index (χ4n) is 3.41. The first-order valence-corrected chi connectivity index (χ1v) is 9.33. The number of hydrogen-bond donors (Lipinski definition) is 3. The quantitative estimate of drug-likeness (QED) is 0.395. The van der Waals surface area contributed by atoms with Crippen molar-refractivity contribution in [2.24, 2.45) is 0 Å². The van der Waals surface area contributed by atoms with Gasteiger partial charge in [0, 0.05) is 35.9 Å². The molecule has 29 heavy (non-hydrogen) atoms. The van der Waals surface area contributed by atoms with Gasteiger partial charge in [-0.25, -0.2) is 9.59 Å². The average Bonchev–Trinajstić information content (AvgIpc) is 3.11. The van der Waals surface area contributed by atoms with Gasteiger partial charge in [0.15, 0.2) is 0 Å². The predicted molar refractivity (Wildman–Crippen MR) is 108 cm³/mol. The Labute approximate surface area is 167 Å². The molecule has 0 amide bonds. The summed E-state index contributed by atoms with van der Waals surface area (Å²) in [5, 5.41) is 27.5. The molecule has 9 heteroatoms. The largest absolute Gasteiger partial charge is 0.478 e. The lowest BCUT2D eigenvalue weighted by molar-refractivity contribution is -0.383. The number of likely N-dealkylation sites (tertiary alicyclic amines) is 1. The maximum Gasteiger partial charge on any atom is 0.328 e. The summed E-state index contributed by atoms with van der Waals surface area (Å²) in [6, 6.07) is 7.79. The number of carbonyl (C=O) groups is 2. The minimum atomic E-state index is -1.26. The molecule has 1 aliphatic rings. The Morgan fingerprint density at radius 1 is 1.21 bits per heavy atom. The van der Waals surface area contributed by atoms with E-state index in [-0.39, 0.29) is 10.6 Å². The highest BCUT2D eigenvalue weighted by atomic mass is 16.6. The summed E-state index contributed by atoms with van der Waals surface area (Å²) < 4.78 is 0. The maximum atomic E-state index is 11.1. The van der Waals surface area contributed by atoms with Gasteiger partial charge in [0.05, 0.1) is 15.8 Å². The molecule has 0 spiro atoms. The topological polar surface area (TPSA) is 137 Å². The third kappa shape index (κ3) is 6.15. The van der Waals surface area contributed by atoms with Crippen LogP contribution in [0.25, 0.3) is 10.9 Å². The molecular formula is C20H25N3O6. The lowest BCUT2D eigenvalue weighted by atomic mass is 9.93. The first-order valence-electron chi connectivity index (χ1n) is 9.33. The summed E-state index contributed by atoms with van der Waals surface area (Å²) in [7, 11) is 0. The lowest BCUT2D eigenvalue weighted by Crippen LogP contribution is -2.37. The highest BCUT2D eigenvalue weighted by molar-refractivity contribution is 5.90. The van der Waals surface area contributed by atoms with Gasteiger partial charge in [0.25, 0.3) is 5.69 Å². The van der Waals surface area contributed by atoms with Crippen LogP contribution in [0.15, 0.2) is 36.4 Å². The second-order valence-electron chi connectivity index (χ2n) is 7.13. The highest BCUT2D eigenvalue weighted by Gasteiger charge is 2.24. The predicted octanol–water partition coefficient (Wildman–Crippen LogP) is 3.38. The van der Waals surface area contributed by atoms with E-state index >= 15 is 0 Å². The molecule has 1 saturated heterocycles. The molecule has 0 unspecified atom stereocenters. The van der Waals surface area contributed by atoms with Crippen molar-refractivity contribution in [1.29, 1.82) is 0 Å². The SMILES string of the molecule is CC(C)N1CCC(c2cc3c([N+](=O)[O-])cccc3[nH]2)CC1.O=C(O)C=CC(=O)O. The molecule has 0 radical (unpaired) electrons. The Balaban J connectivity index is 0.000000321. The number of carboxylic acid groups (broad SMARTS) is 2. The van der Waals surface area contributed by atoms with Crippen LogP contribution in [0.4, 0.5) is 5.69 Å². The van der Waals surface area contributed by atoms with E-state index in [0.717, 1.165) is 42.5 Å². The number of aromatic amines is 1. The second kappa shape index (κ2) is 9.83. The average molecular weight is 403 g/mol. The Morgan fingerprint density at radius 2 is 1.79 bits per heavy atom. The molecule has 1 fully saturated rings. The van der Waals surface area contributed by atoms with E-state index in [1.165, 1.54) is 0 Å². The molecule has 1 aliphatic heterocycles. The number of nitrogens with zero attached hydrogens (tertiary/aromatic N) is 2. The number of H-pyrrole nitrogens is 1. The maximum absolute atomic E-state index is 11.1. The Hall–Kier alpha value is -3.20. The van der Waals surface area contributed by atoms with Crippen molar-refractivity contribution >= 4 is 28.5 Å². The molecule has 0 saturated carbocycles. The number of fused-ring (bicyclic) bond motifs is 1. The molecule has 156 valence electrons. The van der Waals surface area contributed by atoms with Crippen LogP contribution >= 0.6 is 0 Å². The second-order valence-corrected chi connectivity index (χ2v) is 7.13. The summed E-state index contributed by atoms with van der Waals surface area (Å²) in [6.45, 7) is 6.65. The van der Waals surface area contributed by atoms with Gasteiger partial charge in [0.1, 0.15) is 0 Å². The monoisotopic (exact) mass is 403 g/mol. The fourth-order valence-corrected chi connectivity index (χ4v) is 3.41. The summed E-state index contributed by atoms with van der Waals surface area (Å²) in [5.74, 6) is -2.04. The van der Waals surface area contributed by atoms with Gasteiger partial charge in [-0.05, 0) is 51.9 Å². The van der Waals surface area contributed by atoms with E-state index in [1.807, 2.05) is 12.1 Å². The lowest BCUT2D eigenvalue weighted by Gasteiger charge is -2.34. The normalized spacial score (nSPS) is 15.4. The molecule has 1 aromatic heterocycles. The molecule has 1 aromatic carbocycles. The van der Waals surface area contributed by atoms with Gasteiger partial charge in [-0.15, -0.1) is 0 Å². The number of piperidine rings is 1.